The molecule has 0 radical (unpaired) electrons. The van der Waals surface area contributed by atoms with E-state index in [-0.39, 0.29) is 12.5 Å². The summed E-state index contributed by atoms with van der Waals surface area (Å²) >= 11 is 11.7. The van der Waals surface area contributed by atoms with E-state index in [9.17, 15) is 4.79 Å². The number of likely N-dealkylation sites (N-methyl/N-ethyl adjacent to an activating group) is 1. The van der Waals surface area contributed by atoms with E-state index < -0.39 is 0 Å². The number of carbonyl (C=O) groups is 1. The van der Waals surface area contributed by atoms with Gasteiger partial charge in [0.1, 0.15) is 5.15 Å². The Morgan fingerprint density at radius 2 is 2.24 bits per heavy atom. The number of carbonyl (C=O) groups excluding carboxylic acids is 1. The zero-order valence-electron chi connectivity index (χ0n) is 9.74. The Hall–Kier alpha value is -0.840. The van der Waals surface area contributed by atoms with Crippen LogP contribution in [0, 0.1) is 0 Å². The first-order valence-electron chi connectivity index (χ1n) is 5.17. The first-order chi connectivity index (χ1) is 8.02. The van der Waals surface area contributed by atoms with Gasteiger partial charge in [-0.2, -0.15) is 0 Å². The lowest BCUT2D eigenvalue weighted by molar-refractivity contribution is -0.144. The standard InChI is InChI=1S/C11H14Cl2N2O2/c1-3-17-11(16)7-15(2)6-8-5-14-10(13)4-9(8)12/h4-5H,3,6-7H2,1-2H3. The number of esters is 1. The van der Waals surface area contributed by atoms with Crippen molar-refractivity contribution >= 4 is 29.2 Å². The highest BCUT2D eigenvalue weighted by atomic mass is 35.5. The fraction of sp³-hybridized carbons (Fsp3) is 0.455. The molecule has 94 valence electrons. The van der Waals surface area contributed by atoms with Gasteiger partial charge in [-0.05, 0) is 20.0 Å². The fourth-order valence-electron chi connectivity index (χ4n) is 1.33. The Labute approximate surface area is 110 Å². The van der Waals surface area contributed by atoms with Crippen LogP contribution in [0.4, 0.5) is 0 Å². The van der Waals surface area contributed by atoms with Crippen molar-refractivity contribution in [3.8, 4) is 0 Å². The van der Waals surface area contributed by atoms with Gasteiger partial charge in [0.25, 0.3) is 0 Å². The van der Waals surface area contributed by atoms with Crippen molar-refractivity contribution in [2.24, 2.45) is 0 Å². The molecule has 0 aliphatic rings. The van der Waals surface area contributed by atoms with Crippen molar-refractivity contribution in [3.05, 3.63) is 28.0 Å². The molecule has 0 saturated heterocycles. The average molecular weight is 277 g/mol. The maximum Gasteiger partial charge on any atom is 0.320 e. The minimum atomic E-state index is -0.256. The number of ether oxygens (including phenoxy) is 1. The van der Waals surface area contributed by atoms with E-state index in [0.29, 0.717) is 23.3 Å². The number of pyridine rings is 1. The van der Waals surface area contributed by atoms with E-state index in [2.05, 4.69) is 4.98 Å². The number of nitrogens with zero attached hydrogens (tertiary/aromatic N) is 2. The van der Waals surface area contributed by atoms with Crippen molar-refractivity contribution in [2.75, 3.05) is 20.2 Å². The highest BCUT2D eigenvalue weighted by molar-refractivity contribution is 6.34. The van der Waals surface area contributed by atoms with Crippen LogP contribution in [0.25, 0.3) is 0 Å². The molecule has 0 aliphatic carbocycles. The number of hydrogen-bond donors (Lipinski definition) is 0. The van der Waals surface area contributed by atoms with E-state index in [1.165, 1.54) is 0 Å². The molecule has 1 aromatic heterocycles. The lowest BCUT2D eigenvalue weighted by Gasteiger charge is -2.16. The van der Waals surface area contributed by atoms with E-state index in [1.54, 1.807) is 24.1 Å². The van der Waals surface area contributed by atoms with Crippen LogP contribution in [0.5, 0.6) is 0 Å². The van der Waals surface area contributed by atoms with Gasteiger partial charge in [-0.1, -0.05) is 23.2 Å². The molecule has 0 spiro atoms. The monoisotopic (exact) mass is 276 g/mol. The molecule has 0 amide bonds. The van der Waals surface area contributed by atoms with Crippen molar-refractivity contribution in [1.29, 1.82) is 0 Å². The smallest absolute Gasteiger partial charge is 0.320 e. The third-order valence-corrected chi connectivity index (χ3v) is 2.60. The molecule has 0 atom stereocenters. The lowest BCUT2D eigenvalue weighted by atomic mass is 10.2. The van der Waals surface area contributed by atoms with Crippen LogP contribution in [-0.4, -0.2) is 36.1 Å². The molecule has 0 N–H and O–H groups in total. The number of hydrogen-bond acceptors (Lipinski definition) is 4. The van der Waals surface area contributed by atoms with Gasteiger partial charge in [0.2, 0.25) is 0 Å². The quantitative estimate of drug-likeness (QED) is 0.612. The molecule has 17 heavy (non-hydrogen) atoms. The first-order valence-corrected chi connectivity index (χ1v) is 5.92. The zero-order valence-corrected chi connectivity index (χ0v) is 11.3. The van der Waals surface area contributed by atoms with Crippen LogP contribution in [-0.2, 0) is 16.1 Å². The summed E-state index contributed by atoms with van der Waals surface area (Å²) in [4.78, 5) is 17.0. The summed E-state index contributed by atoms with van der Waals surface area (Å²) in [6.45, 7) is 2.89. The van der Waals surface area contributed by atoms with Gasteiger partial charge < -0.3 is 4.74 Å². The molecular weight excluding hydrogens is 263 g/mol. The van der Waals surface area contributed by atoms with Crippen LogP contribution in [0.3, 0.4) is 0 Å². The van der Waals surface area contributed by atoms with Crippen LogP contribution >= 0.6 is 23.2 Å². The Bertz CT molecular complexity index is 399. The van der Waals surface area contributed by atoms with Crippen LogP contribution in [0.15, 0.2) is 12.3 Å². The number of halogens is 2. The van der Waals surface area contributed by atoms with Crippen molar-refractivity contribution in [1.82, 2.24) is 9.88 Å². The SMILES string of the molecule is CCOC(=O)CN(C)Cc1cnc(Cl)cc1Cl. The van der Waals surface area contributed by atoms with Gasteiger partial charge in [-0.25, -0.2) is 4.98 Å². The van der Waals surface area contributed by atoms with Crippen LogP contribution < -0.4 is 0 Å². The second-order valence-electron chi connectivity index (χ2n) is 3.58. The highest BCUT2D eigenvalue weighted by Crippen LogP contribution is 2.19. The Balaban J connectivity index is 2.55. The summed E-state index contributed by atoms with van der Waals surface area (Å²) in [5, 5.41) is 0.896. The second kappa shape index (κ2) is 6.79. The van der Waals surface area contributed by atoms with Gasteiger partial charge in [0.05, 0.1) is 13.2 Å². The summed E-state index contributed by atoms with van der Waals surface area (Å²) in [5.74, 6) is -0.256. The lowest BCUT2D eigenvalue weighted by Crippen LogP contribution is -2.27. The van der Waals surface area contributed by atoms with Gasteiger partial charge in [0.15, 0.2) is 0 Å². The Kier molecular flexibility index (Phi) is 5.68. The molecule has 0 bridgehead atoms. The molecule has 0 fully saturated rings. The Morgan fingerprint density at radius 1 is 1.53 bits per heavy atom. The van der Waals surface area contributed by atoms with Gasteiger partial charge in [-0.3, -0.25) is 9.69 Å². The maximum atomic E-state index is 11.2. The molecule has 6 heteroatoms. The maximum absolute atomic E-state index is 11.2. The van der Waals surface area contributed by atoms with E-state index in [1.807, 2.05) is 7.05 Å². The third-order valence-electron chi connectivity index (χ3n) is 2.04. The van der Waals surface area contributed by atoms with E-state index in [0.717, 1.165) is 5.56 Å². The molecule has 0 aromatic carbocycles. The highest BCUT2D eigenvalue weighted by Gasteiger charge is 2.10. The summed E-state index contributed by atoms with van der Waals surface area (Å²) in [6.07, 6.45) is 1.60. The summed E-state index contributed by atoms with van der Waals surface area (Å²) < 4.78 is 4.85. The predicted molar refractivity (Wildman–Crippen MR) is 67.2 cm³/mol. The molecule has 0 unspecified atom stereocenters. The zero-order chi connectivity index (χ0) is 12.8. The molecule has 4 nitrogen and oxygen atoms in total. The molecule has 1 heterocycles. The van der Waals surface area contributed by atoms with Crippen molar-refractivity contribution < 1.29 is 9.53 Å². The third kappa shape index (κ3) is 4.89. The number of rotatable bonds is 5. The summed E-state index contributed by atoms with van der Waals surface area (Å²) in [7, 11) is 1.81. The Morgan fingerprint density at radius 3 is 2.82 bits per heavy atom. The van der Waals surface area contributed by atoms with E-state index >= 15 is 0 Å². The summed E-state index contributed by atoms with van der Waals surface area (Å²) in [5.41, 5.74) is 0.822. The molecular formula is C11H14Cl2N2O2. The minimum Gasteiger partial charge on any atom is -0.465 e. The minimum absolute atomic E-state index is 0.215. The van der Waals surface area contributed by atoms with Gasteiger partial charge >= 0.3 is 5.97 Å². The normalized spacial score (nSPS) is 10.6. The van der Waals surface area contributed by atoms with Crippen molar-refractivity contribution in [3.63, 3.8) is 0 Å². The average Bonchev–Trinajstić information content (AvgIpc) is 2.22. The topological polar surface area (TPSA) is 42.4 Å². The second-order valence-corrected chi connectivity index (χ2v) is 4.37. The predicted octanol–water partition coefficient (Wildman–Crippen LogP) is 2.38. The molecule has 1 aromatic rings. The van der Waals surface area contributed by atoms with Crippen LogP contribution in [0.1, 0.15) is 12.5 Å². The van der Waals surface area contributed by atoms with E-state index in [4.69, 9.17) is 27.9 Å². The fourth-order valence-corrected chi connectivity index (χ4v) is 1.75. The van der Waals surface area contributed by atoms with Crippen LogP contribution in [0.2, 0.25) is 10.2 Å². The van der Waals surface area contributed by atoms with Crippen molar-refractivity contribution in [2.45, 2.75) is 13.5 Å². The molecule has 1 rings (SSSR count). The van der Waals surface area contributed by atoms with Gasteiger partial charge in [-0.15, -0.1) is 0 Å². The summed E-state index contributed by atoms with van der Waals surface area (Å²) in [6, 6.07) is 1.58. The first kappa shape index (κ1) is 14.2. The molecule has 0 aliphatic heterocycles. The number of aromatic nitrogens is 1. The molecule has 0 saturated carbocycles. The van der Waals surface area contributed by atoms with Gasteiger partial charge in [0, 0.05) is 23.3 Å². The largest absolute Gasteiger partial charge is 0.465 e.